The standard InChI is InChI=1S/C15H19BrClNO/c1-11-6-7-12(16)10-14(11)15(19)18-9-3-5-13(18)4-2-8-17/h6-7,10,13H,2-5,8-9H2,1H3. The number of halogens is 2. The second-order valence-electron chi connectivity index (χ2n) is 5.09. The van der Waals surface area contributed by atoms with E-state index >= 15 is 0 Å². The third-order valence-electron chi connectivity index (χ3n) is 3.74. The Labute approximate surface area is 128 Å². The van der Waals surface area contributed by atoms with Crippen LogP contribution in [0.2, 0.25) is 0 Å². The number of amides is 1. The molecule has 0 aromatic heterocycles. The van der Waals surface area contributed by atoms with Crippen LogP contribution in [-0.2, 0) is 0 Å². The van der Waals surface area contributed by atoms with Gasteiger partial charge in [0.05, 0.1) is 0 Å². The van der Waals surface area contributed by atoms with Gasteiger partial charge < -0.3 is 4.90 Å². The summed E-state index contributed by atoms with van der Waals surface area (Å²) in [5, 5.41) is 0. The molecule has 0 radical (unpaired) electrons. The van der Waals surface area contributed by atoms with Gasteiger partial charge in [0, 0.05) is 28.5 Å². The van der Waals surface area contributed by atoms with Gasteiger partial charge in [-0.2, -0.15) is 0 Å². The number of carbonyl (C=O) groups is 1. The van der Waals surface area contributed by atoms with Gasteiger partial charge in [-0.1, -0.05) is 22.0 Å². The second-order valence-corrected chi connectivity index (χ2v) is 6.38. The van der Waals surface area contributed by atoms with E-state index in [1.54, 1.807) is 0 Å². The second kappa shape index (κ2) is 6.76. The van der Waals surface area contributed by atoms with E-state index in [4.69, 9.17) is 11.6 Å². The van der Waals surface area contributed by atoms with Crippen molar-refractivity contribution in [2.45, 2.75) is 38.6 Å². The maximum atomic E-state index is 12.7. The number of nitrogens with zero attached hydrogens (tertiary/aromatic N) is 1. The molecule has 1 aliphatic heterocycles. The summed E-state index contributed by atoms with van der Waals surface area (Å²) in [5.74, 6) is 0.838. The molecule has 104 valence electrons. The normalized spacial score (nSPS) is 18.9. The van der Waals surface area contributed by atoms with Crippen LogP contribution in [0.25, 0.3) is 0 Å². The third kappa shape index (κ3) is 3.51. The lowest BCUT2D eigenvalue weighted by Crippen LogP contribution is -2.36. The van der Waals surface area contributed by atoms with Crippen molar-refractivity contribution in [1.29, 1.82) is 0 Å². The van der Waals surface area contributed by atoms with E-state index in [2.05, 4.69) is 15.9 Å². The molecule has 1 amide bonds. The molecule has 2 rings (SSSR count). The Morgan fingerprint density at radius 3 is 3.05 bits per heavy atom. The summed E-state index contributed by atoms with van der Waals surface area (Å²) in [7, 11) is 0. The molecule has 4 heteroatoms. The van der Waals surface area contributed by atoms with Crippen molar-refractivity contribution >= 4 is 33.4 Å². The lowest BCUT2D eigenvalue weighted by molar-refractivity contribution is 0.0729. The Morgan fingerprint density at radius 2 is 2.32 bits per heavy atom. The fraction of sp³-hybridized carbons (Fsp3) is 0.533. The molecule has 1 unspecified atom stereocenters. The maximum Gasteiger partial charge on any atom is 0.254 e. The fourth-order valence-corrected chi connectivity index (χ4v) is 3.21. The van der Waals surface area contributed by atoms with E-state index in [0.717, 1.165) is 47.8 Å². The van der Waals surface area contributed by atoms with Crippen LogP contribution in [-0.4, -0.2) is 29.3 Å². The summed E-state index contributed by atoms with van der Waals surface area (Å²) in [5.41, 5.74) is 1.85. The number of benzene rings is 1. The molecule has 1 atom stereocenters. The summed E-state index contributed by atoms with van der Waals surface area (Å²) in [6.07, 6.45) is 4.21. The van der Waals surface area contributed by atoms with Crippen LogP contribution in [0.4, 0.5) is 0 Å². The first-order chi connectivity index (χ1) is 9.13. The van der Waals surface area contributed by atoms with E-state index in [0.29, 0.717) is 11.9 Å². The molecule has 1 aromatic carbocycles. The van der Waals surface area contributed by atoms with Crippen LogP contribution in [0.3, 0.4) is 0 Å². The zero-order valence-electron chi connectivity index (χ0n) is 11.2. The summed E-state index contributed by atoms with van der Waals surface area (Å²) in [4.78, 5) is 14.7. The van der Waals surface area contributed by atoms with Gasteiger partial charge in [-0.05, 0) is 50.3 Å². The van der Waals surface area contributed by atoms with Crippen molar-refractivity contribution in [2.24, 2.45) is 0 Å². The number of alkyl halides is 1. The van der Waals surface area contributed by atoms with Gasteiger partial charge >= 0.3 is 0 Å². The monoisotopic (exact) mass is 343 g/mol. The Bertz CT molecular complexity index is 463. The first kappa shape index (κ1) is 14.9. The molecule has 0 aliphatic carbocycles. The number of aryl methyl sites for hydroxylation is 1. The molecular weight excluding hydrogens is 326 g/mol. The molecule has 1 fully saturated rings. The van der Waals surface area contributed by atoms with Crippen LogP contribution >= 0.6 is 27.5 Å². The summed E-state index contributed by atoms with van der Waals surface area (Å²) in [6, 6.07) is 6.25. The molecule has 2 nitrogen and oxygen atoms in total. The Balaban J connectivity index is 2.16. The van der Waals surface area contributed by atoms with Crippen molar-refractivity contribution < 1.29 is 4.79 Å². The predicted octanol–water partition coefficient (Wildman–Crippen LogP) is 4.38. The topological polar surface area (TPSA) is 20.3 Å². The van der Waals surface area contributed by atoms with Crippen LogP contribution in [0, 0.1) is 6.92 Å². The first-order valence-electron chi connectivity index (χ1n) is 6.76. The zero-order chi connectivity index (χ0) is 13.8. The molecular formula is C15H19BrClNO. The quantitative estimate of drug-likeness (QED) is 0.742. The van der Waals surface area contributed by atoms with Crippen LogP contribution in [0.5, 0.6) is 0 Å². The number of rotatable bonds is 4. The Morgan fingerprint density at radius 1 is 1.53 bits per heavy atom. The maximum absolute atomic E-state index is 12.7. The SMILES string of the molecule is Cc1ccc(Br)cc1C(=O)N1CCCC1CCCCl. The summed E-state index contributed by atoms with van der Waals surface area (Å²) < 4.78 is 0.956. The summed E-state index contributed by atoms with van der Waals surface area (Å²) >= 11 is 9.20. The van der Waals surface area contributed by atoms with Gasteiger partial charge in [-0.25, -0.2) is 0 Å². The average Bonchev–Trinajstić information content (AvgIpc) is 2.86. The Hall–Kier alpha value is -0.540. The van der Waals surface area contributed by atoms with E-state index in [-0.39, 0.29) is 5.91 Å². The Kier molecular flexibility index (Phi) is 5.28. The van der Waals surface area contributed by atoms with Gasteiger partial charge in [0.2, 0.25) is 0 Å². The third-order valence-corrected chi connectivity index (χ3v) is 4.50. The van der Waals surface area contributed by atoms with Crippen molar-refractivity contribution in [3.05, 3.63) is 33.8 Å². The largest absolute Gasteiger partial charge is 0.336 e. The van der Waals surface area contributed by atoms with Crippen molar-refractivity contribution in [2.75, 3.05) is 12.4 Å². The van der Waals surface area contributed by atoms with Gasteiger partial charge in [-0.15, -0.1) is 11.6 Å². The highest BCUT2D eigenvalue weighted by Gasteiger charge is 2.29. The van der Waals surface area contributed by atoms with Gasteiger partial charge in [0.25, 0.3) is 5.91 Å². The molecule has 19 heavy (non-hydrogen) atoms. The number of hydrogen-bond donors (Lipinski definition) is 0. The average molecular weight is 345 g/mol. The zero-order valence-corrected chi connectivity index (χ0v) is 13.5. The minimum atomic E-state index is 0.163. The molecule has 0 bridgehead atoms. The van der Waals surface area contributed by atoms with E-state index in [1.165, 1.54) is 0 Å². The van der Waals surface area contributed by atoms with Crippen molar-refractivity contribution in [3.8, 4) is 0 Å². The van der Waals surface area contributed by atoms with Gasteiger partial charge in [0.15, 0.2) is 0 Å². The van der Waals surface area contributed by atoms with Crippen LogP contribution < -0.4 is 0 Å². The minimum absolute atomic E-state index is 0.163. The van der Waals surface area contributed by atoms with Crippen LogP contribution in [0.15, 0.2) is 22.7 Å². The first-order valence-corrected chi connectivity index (χ1v) is 8.09. The highest BCUT2D eigenvalue weighted by molar-refractivity contribution is 9.10. The highest BCUT2D eigenvalue weighted by Crippen LogP contribution is 2.26. The minimum Gasteiger partial charge on any atom is -0.336 e. The number of likely N-dealkylation sites (tertiary alicyclic amines) is 1. The van der Waals surface area contributed by atoms with E-state index < -0.39 is 0 Å². The number of carbonyl (C=O) groups excluding carboxylic acids is 1. The fourth-order valence-electron chi connectivity index (χ4n) is 2.70. The van der Waals surface area contributed by atoms with Crippen molar-refractivity contribution in [1.82, 2.24) is 4.90 Å². The molecule has 1 heterocycles. The number of hydrogen-bond acceptors (Lipinski definition) is 1. The summed E-state index contributed by atoms with van der Waals surface area (Å²) in [6.45, 7) is 2.86. The predicted molar refractivity (Wildman–Crippen MR) is 82.9 cm³/mol. The van der Waals surface area contributed by atoms with Crippen molar-refractivity contribution in [3.63, 3.8) is 0 Å². The van der Waals surface area contributed by atoms with Crippen LogP contribution in [0.1, 0.15) is 41.6 Å². The lowest BCUT2D eigenvalue weighted by atomic mass is 10.1. The molecule has 1 aromatic rings. The van der Waals surface area contributed by atoms with Gasteiger partial charge in [-0.3, -0.25) is 4.79 Å². The molecule has 0 saturated carbocycles. The molecule has 1 aliphatic rings. The molecule has 0 spiro atoms. The van der Waals surface area contributed by atoms with E-state index in [1.807, 2.05) is 30.0 Å². The van der Waals surface area contributed by atoms with E-state index in [9.17, 15) is 4.79 Å². The van der Waals surface area contributed by atoms with Gasteiger partial charge in [0.1, 0.15) is 0 Å². The highest BCUT2D eigenvalue weighted by atomic mass is 79.9. The molecule has 0 N–H and O–H groups in total. The smallest absolute Gasteiger partial charge is 0.254 e. The lowest BCUT2D eigenvalue weighted by Gasteiger charge is -2.25. The molecule has 1 saturated heterocycles.